The lowest BCUT2D eigenvalue weighted by atomic mass is 10.0. The molecule has 19 heavy (non-hydrogen) atoms. The fourth-order valence-electron chi connectivity index (χ4n) is 2.36. The van der Waals surface area contributed by atoms with Gasteiger partial charge in [0.2, 0.25) is 0 Å². The molecule has 1 nitrogen and oxygen atoms in total. The highest BCUT2D eigenvalue weighted by Gasteiger charge is 1.97. The highest BCUT2D eigenvalue weighted by Crippen LogP contribution is 2.16. The van der Waals surface area contributed by atoms with Crippen LogP contribution in [-0.4, -0.2) is 13.1 Å². The molecule has 0 radical (unpaired) electrons. The molecule has 0 spiro atoms. The van der Waals surface area contributed by atoms with Crippen LogP contribution in [0.25, 0.3) is 10.8 Å². The molecule has 0 saturated carbocycles. The number of fused-ring (bicyclic) bond motifs is 1. The molecule has 0 aromatic heterocycles. The van der Waals surface area contributed by atoms with Crippen molar-refractivity contribution in [1.82, 2.24) is 5.32 Å². The molecule has 0 fully saturated rings. The predicted molar refractivity (Wildman–Crippen MR) is 84.6 cm³/mol. The van der Waals surface area contributed by atoms with Gasteiger partial charge in [-0.25, -0.2) is 0 Å². The van der Waals surface area contributed by atoms with Crippen LogP contribution in [0, 0.1) is 5.92 Å². The Balaban J connectivity index is 1.75. The number of rotatable bonds is 7. The summed E-state index contributed by atoms with van der Waals surface area (Å²) in [6.45, 7) is 6.78. The summed E-state index contributed by atoms with van der Waals surface area (Å²) in [5.74, 6) is 0.750. The van der Waals surface area contributed by atoms with Gasteiger partial charge in [-0.05, 0) is 54.6 Å². The molecule has 1 heteroatoms. The van der Waals surface area contributed by atoms with Gasteiger partial charge in [0.25, 0.3) is 0 Å². The third-order valence-electron chi connectivity index (χ3n) is 3.44. The van der Waals surface area contributed by atoms with Crippen molar-refractivity contribution in [3.63, 3.8) is 0 Å². The molecule has 2 aromatic carbocycles. The van der Waals surface area contributed by atoms with Gasteiger partial charge in [-0.15, -0.1) is 0 Å². The molecular weight excluding hydrogens is 230 g/mol. The average Bonchev–Trinajstić information content (AvgIpc) is 2.42. The van der Waals surface area contributed by atoms with E-state index in [1.165, 1.54) is 35.6 Å². The van der Waals surface area contributed by atoms with Crippen LogP contribution >= 0.6 is 0 Å². The summed E-state index contributed by atoms with van der Waals surface area (Å²) in [6, 6.07) is 15.4. The van der Waals surface area contributed by atoms with Crippen molar-refractivity contribution in [2.45, 2.75) is 33.1 Å². The second kappa shape index (κ2) is 7.30. The van der Waals surface area contributed by atoms with Gasteiger partial charge in [-0.1, -0.05) is 56.3 Å². The lowest BCUT2D eigenvalue weighted by molar-refractivity contribution is 0.535. The molecule has 0 amide bonds. The van der Waals surface area contributed by atoms with E-state index in [0.717, 1.165) is 19.0 Å². The summed E-state index contributed by atoms with van der Waals surface area (Å²) in [7, 11) is 0. The Morgan fingerprint density at radius 3 is 2.53 bits per heavy atom. The van der Waals surface area contributed by atoms with E-state index in [0.29, 0.717) is 0 Å². The van der Waals surface area contributed by atoms with Crippen molar-refractivity contribution in [2.24, 2.45) is 5.92 Å². The number of aryl methyl sites for hydroxylation is 1. The van der Waals surface area contributed by atoms with Crippen molar-refractivity contribution in [2.75, 3.05) is 13.1 Å². The zero-order valence-electron chi connectivity index (χ0n) is 12.2. The van der Waals surface area contributed by atoms with Crippen molar-refractivity contribution in [3.05, 3.63) is 48.0 Å². The summed E-state index contributed by atoms with van der Waals surface area (Å²) in [4.78, 5) is 0. The normalized spacial score (nSPS) is 11.3. The zero-order valence-corrected chi connectivity index (χ0v) is 12.2. The molecule has 0 saturated heterocycles. The van der Waals surface area contributed by atoms with E-state index in [1.54, 1.807) is 0 Å². The number of unbranched alkanes of at least 4 members (excludes halogenated alkanes) is 1. The predicted octanol–water partition coefficient (Wildman–Crippen LogP) is 4.41. The zero-order chi connectivity index (χ0) is 13.5. The Bertz CT molecular complexity index is 502. The SMILES string of the molecule is CC(C)CNCCCCc1ccc2ccccc2c1. The van der Waals surface area contributed by atoms with Crippen LogP contribution < -0.4 is 5.32 Å². The Morgan fingerprint density at radius 2 is 1.74 bits per heavy atom. The second-order valence-electron chi connectivity index (χ2n) is 5.74. The summed E-state index contributed by atoms with van der Waals surface area (Å²) < 4.78 is 0. The number of nitrogens with one attached hydrogen (secondary N) is 1. The van der Waals surface area contributed by atoms with E-state index >= 15 is 0 Å². The van der Waals surface area contributed by atoms with Gasteiger partial charge in [0.05, 0.1) is 0 Å². The van der Waals surface area contributed by atoms with Crippen molar-refractivity contribution >= 4 is 10.8 Å². The Labute approximate surface area is 117 Å². The van der Waals surface area contributed by atoms with Gasteiger partial charge < -0.3 is 5.32 Å². The Morgan fingerprint density at radius 1 is 0.947 bits per heavy atom. The fourth-order valence-corrected chi connectivity index (χ4v) is 2.36. The van der Waals surface area contributed by atoms with E-state index in [-0.39, 0.29) is 0 Å². The first kappa shape index (κ1) is 14.1. The first-order valence-corrected chi connectivity index (χ1v) is 7.44. The molecule has 0 aliphatic carbocycles. The van der Waals surface area contributed by atoms with Crippen molar-refractivity contribution in [1.29, 1.82) is 0 Å². The quantitative estimate of drug-likeness (QED) is 0.723. The van der Waals surface area contributed by atoms with Crippen LogP contribution in [0.4, 0.5) is 0 Å². The summed E-state index contributed by atoms with van der Waals surface area (Å²) >= 11 is 0. The van der Waals surface area contributed by atoms with Crippen LogP contribution in [0.1, 0.15) is 32.3 Å². The highest BCUT2D eigenvalue weighted by atomic mass is 14.8. The van der Waals surface area contributed by atoms with Gasteiger partial charge in [0.15, 0.2) is 0 Å². The maximum absolute atomic E-state index is 3.50. The maximum atomic E-state index is 3.50. The van der Waals surface area contributed by atoms with E-state index in [1.807, 2.05) is 0 Å². The molecule has 102 valence electrons. The smallest absolute Gasteiger partial charge is 0.00258 e. The lowest BCUT2D eigenvalue weighted by Crippen LogP contribution is -2.20. The minimum Gasteiger partial charge on any atom is -0.316 e. The molecule has 0 aliphatic rings. The average molecular weight is 255 g/mol. The van der Waals surface area contributed by atoms with Crippen molar-refractivity contribution in [3.8, 4) is 0 Å². The number of hydrogen-bond donors (Lipinski definition) is 1. The third-order valence-corrected chi connectivity index (χ3v) is 3.44. The second-order valence-corrected chi connectivity index (χ2v) is 5.74. The Kier molecular flexibility index (Phi) is 5.41. The number of benzene rings is 2. The van der Waals surface area contributed by atoms with Crippen LogP contribution in [-0.2, 0) is 6.42 Å². The summed E-state index contributed by atoms with van der Waals surface area (Å²) in [5.41, 5.74) is 1.46. The van der Waals surface area contributed by atoms with Crippen LogP contribution in [0.2, 0.25) is 0 Å². The molecule has 0 aliphatic heterocycles. The highest BCUT2D eigenvalue weighted by molar-refractivity contribution is 5.82. The summed E-state index contributed by atoms with van der Waals surface area (Å²) in [6.07, 6.45) is 3.72. The Hall–Kier alpha value is -1.34. The van der Waals surface area contributed by atoms with Gasteiger partial charge in [0, 0.05) is 0 Å². The molecule has 0 heterocycles. The van der Waals surface area contributed by atoms with E-state index in [2.05, 4.69) is 61.6 Å². The van der Waals surface area contributed by atoms with Crippen LogP contribution in [0.5, 0.6) is 0 Å². The van der Waals surface area contributed by atoms with E-state index < -0.39 is 0 Å². The topological polar surface area (TPSA) is 12.0 Å². The first-order chi connectivity index (χ1) is 9.25. The van der Waals surface area contributed by atoms with E-state index in [9.17, 15) is 0 Å². The van der Waals surface area contributed by atoms with Gasteiger partial charge in [-0.3, -0.25) is 0 Å². The van der Waals surface area contributed by atoms with Crippen LogP contribution in [0.3, 0.4) is 0 Å². The largest absolute Gasteiger partial charge is 0.316 e. The molecular formula is C18H25N. The van der Waals surface area contributed by atoms with Gasteiger partial charge in [-0.2, -0.15) is 0 Å². The third kappa shape index (κ3) is 4.68. The van der Waals surface area contributed by atoms with Crippen molar-refractivity contribution < 1.29 is 0 Å². The van der Waals surface area contributed by atoms with Gasteiger partial charge >= 0.3 is 0 Å². The van der Waals surface area contributed by atoms with Gasteiger partial charge in [0.1, 0.15) is 0 Å². The maximum Gasteiger partial charge on any atom is -0.00258 e. The van der Waals surface area contributed by atoms with E-state index in [4.69, 9.17) is 0 Å². The molecule has 0 atom stereocenters. The fraction of sp³-hybridized carbons (Fsp3) is 0.444. The minimum absolute atomic E-state index is 0.750. The summed E-state index contributed by atoms with van der Waals surface area (Å²) in [5, 5.41) is 6.20. The molecule has 2 rings (SSSR count). The first-order valence-electron chi connectivity index (χ1n) is 7.44. The standard InChI is InChI=1S/C18H25N/c1-15(2)14-19-12-6-5-7-16-10-11-17-8-3-4-9-18(17)13-16/h3-4,8-11,13,15,19H,5-7,12,14H2,1-2H3. The minimum atomic E-state index is 0.750. The molecule has 0 bridgehead atoms. The number of hydrogen-bond acceptors (Lipinski definition) is 1. The molecule has 1 N–H and O–H groups in total. The monoisotopic (exact) mass is 255 g/mol. The molecule has 0 unspecified atom stereocenters. The lowest BCUT2D eigenvalue weighted by Gasteiger charge is -2.07. The van der Waals surface area contributed by atoms with Crippen LogP contribution in [0.15, 0.2) is 42.5 Å². The molecule has 2 aromatic rings.